The van der Waals surface area contributed by atoms with Crippen molar-refractivity contribution in [3.05, 3.63) is 65.0 Å². The fourth-order valence-corrected chi connectivity index (χ4v) is 2.33. The van der Waals surface area contributed by atoms with Crippen molar-refractivity contribution >= 4 is 11.9 Å². The van der Waals surface area contributed by atoms with Gasteiger partial charge in [0.1, 0.15) is 23.9 Å². The summed E-state index contributed by atoms with van der Waals surface area (Å²) in [5, 5.41) is 0. The Bertz CT molecular complexity index is 800. The summed E-state index contributed by atoms with van der Waals surface area (Å²) in [6, 6.07) is 9.97. The second-order valence-electron chi connectivity index (χ2n) is 6.24. The van der Waals surface area contributed by atoms with E-state index in [1.54, 1.807) is 24.3 Å². The Morgan fingerprint density at radius 3 is 2.62 bits per heavy atom. The van der Waals surface area contributed by atoms with Crippen molar-refractivity contribution in [1.82, 2.24) is 4.90 Å². The summed E-state index contributed by atoms with van der Waals surface area (Å²) < 4.78 is 24.7. The normalized spacial score (nSPS) is 11.2. The summed E-state index contributed by atoms with van der Waals surface area (Å²) in [4.78, 5) is 14.6. The Labute approximate surface area is 153 Å². The molecule has 0 bridgehead atoms. The Hall–Kier alpha value is -2.66. The number of methoxy groups -OCH3 is 1. The van der Waals surface area contributed by atoms with E-state index in [0.29, 0.717) is 29.2 Å². The number of aryl methyl sites for hydroxylation is 1. The molecule has 2 aromatic rings. The Morgan fingerprint density at radius 1 is 1.19 bits per heavy atom. The summed E-state index contributed by atoms with van der Waals surface area (Å²) >= 11 is 0. The first-order valence-electron chi connectivity index (χ1n) is 8.35. The second-order valence-corrected chi connectivity index (χ2v) is 6.24. The number of ether oxygens (including phenoxy) is 2. The molecule has 138 valence electrons. The second kappa shape index (κ2) is 9.15. The summed E-state index contributed by atoms with van der Waals surface area (Å²) in [6.45, 7) is 3.13. The molecule has 0 unspecified atom stereocenters. The molecule has 0 aliphatic carbocycles. The highest BCUT2D eigenvalue weighted by atomic mass is 19.1. The maximum atomic E-state index is 14.0. The van der Waals surface area contributed by atoms with Gasteiger partial charge in [0.05, 0.1) is 12.7 Å². The lowest BCUT2D eigenvalue weighted by atomic mass is 10.0. The molecule has 0 N–H and O–H groups in total. The molecule has 0 fully saturated rings. The number of nitrogens with zero attached hydrogens (tertiary/aromatic N) is 1. The van der Waals surface area contributed by atoms with Gasteiger partial charge in [-0.15, -0.1) is 0 Å². The van der Waals surface area contributed by atoms with Crippen LogP contribution in [0.2, 0.25) is 0 Å². The van der Waals surface area contributed by atoms with E-state index in [-0.39, 0.29) is 5.78 Å². The summed E-state index contributed by atoms with van der Waals surface area (Å²) in [6.07, 6.45) is 2.82. The van der Waals surface area contributed by atoms with Gasteiger partial charge in [0, 0.05) is 18.2 Å². The van der Waals surface area contributed by atoms with Crippen LogP contribution in [0, 0.1) is 12.7 Å². The predicted octanol–water partition coefficient (Wildman–Crippen LogP) is 3.98. The summed E-state index contributed by atoms with van der Waals surface area (Å²) in [5.74, 6) is 0.285. The number of halogens is 1. The maximum absolute atomic E-state index is 14.0. The van der Waals surface area contributed by atoms with E-state index >= 15 is 0 Å². The van der Waals surface area contributed by atoms with Crippen molar-refractivity contribution in [3.63, 3.8) is 0 Å². The Kier molecular flexibility index (Phi) is 6.92. The molecule has 0 radical (unpaired) electrons. The van der Waals surface area contributed by atoms with Crippen LogP contribution in [0.25, 0.3) is 6.08 Å². The minimum atomic E-state index is -0.444. The van der Waals surface area contributed by atoms with E-state index in [1.165, 1.54) is 25.3 Å². The fourth-order valence-electron chi connectivity index (χ4n) is 2.33. The molecular formula is C21H24FNO3. The molecule has 2 aromatic carbocycles. The van der Waals surface area contributed by atoms with Crippen LogP contribution in [0.5, 0.6) is 11.5 Å². The zero-order valence-corrected chi connectivity index (χ0v) is 15.6. The first-order chi connectivity index (χ1) is 12.4. The fraction of sp³-hybridized carbons (Fsp3) is 0.286. The lowest BCUT2D eigenvalue weighted by Gasteiger charge is -2.13. The van der Waals surface area contributed by atoms with Crippen LogP contribution in [-0.4, -0.2) is 45.0 Å². The SMILES string of the molecule is COc1ccc(C=CC(=O)c2cc(C)ccc2OCCN(C)C)c(F)c1. The van der Waals surface area contributed by atoms with Crippen LogP contribution in [0.3, 0.4) is 0 Å². The number of rotatable bonds is 8. The van der Waals surface area contributed by atoms with Crippen LogP contribution in [0.15, 0.2) is 42.5 Å². The van der Waals surface area contributed by atoms with Crippen molar-refractivity contribution in [2.24, 2.45) is 0 Å². The zero-order chi connectivity index (χ0) is 19.1. The first kappa shape index (κ1) is 19.7. The van der Waals surface area contributed by atoms with Gasteiger partial charge in [-0.2, -0.15) is 0 Å². The third-order valence-corrected chi connectivity index (χ3v) is 3.82. The van der Waals surface area contributed by atoms with Gasteiger partial charge in [-0.1, -0.05) is 11.6 Å². The number of allylic oxidation sites excluding steroid dienone is 1. The number of hydrogen-bond acceptors (Lipinski definition) is 4. The van der Waals surface area contributed by atoms with Gasteiger partial charge in [0.2, 0.25) is 0 Å². The molecule has 0 aliphatic rings. The molecule has 26 heavy (non-hydrogen) atoms. The van der Waals surface area contributed by atoms with Gasteiger partial charge in [-0.3, -0.25) is 4.79 Å². The zero-order valence-electron chi connectivity index (χ0n) is 15.6. The average molecular weight is 357 g/mol. The van der Waals surface area contributed by atoms with E-state index in [0.717, 1.165) is 12.1 Å². The van der Waals surface area contributed by atoms with Crippen LogP contribution in [0.4, 0.5) is 4.39 Å². The van der Waals surface area contributed by atoms with E-state index in [4.69, 9.17) is 9.47 Å². The van der Waals surface area contributed by atoms with E-state index in [9.17, 15) is 9.18 Å². The van der Waals surface area contributed by atoms with Gasteiger partial charge in [0.25, 0.3) is 0 Å². The van der Waals surface area contributed by atoms with Crippen molar-refractivity contribution in [2.45, 2.75) is 6.92 Å². The number of carbonyl (C=O) groups is 1. The number of ketones is 1. The van der Waals surface area contributed by atoms with Crippen molar-refractivity contribution in [3.8, 4) is 11.5 Å². The van der Waals surface area contributed by atoms with Gasteiger partial charge >= 0.3 is 0 Å². The molecular weight excluding hydrogens is 333 g/mol. The van der Waals surface area contributed by atoms with Gasteiger partial charge < -0.3 is 14.4 Å². The van der Waals surface area contributed by atoms with Gasteiger partial charge in [0.15, 0.2) is 5.78 Å². The van der Waals surface area contributed by atoms with Crippen LogP contribution in [0.1, 0.15) is 21.5 Å². The van der Waals surface area contributed by atoms with Crippen LogP contribution >= 0.6 is 0 Å². The molecule has 2 rings (SSSR count). The lowest BCUT2D eigenvalue weighted by Crippen LogP contribution is -2.20. The summed E-state index contributed by atoms with van der Waals surface area (Å²) in [5.41, 5.74) is 1.74. The molecule has 0 aromatic heterocycles. The summed E-state index contributed by atoms with van der Waals surface area (Å²) in [7, 11) is 5.39. The molecule has 0 saturated heterocycles. The minimum absolute atomic E-state index is 0.233. The number of likely N-dealkylation sites (N-methyl/N-ethyl adjacent to an activating group) is 1. The lowest BCUT2D eigenvalue weighted by molar-refractivity contribution is 0.104. The van der Waals surface area contributed by atoms with E-state index in [2.05, 4.69) is 0 Å². The maximum Gasteiger partial charge on any atom is 0.189 e. The standard InChI is InChI=1S/C21H24FNO3/c1-15-5-10-21(26-12-11-23(2)3)18(13-15)20(24)9-7-16-6-8-17(25-4)14-19(16)22/h5-10,13-14H,11-12H2,1-4H3. The molecule has 0 atom stereocenters. The Morgan fingerprint density at radius 2 is 1.96 bits per heavy atom. The molecule has 0 saturated carbocycles. The third-order valence-electron chi connectivity index (χ3n) is 3.82. The highest BCUT2D eigenvalue weighted by molar-refractivity contribution is 6.08. The number of hydrogen-bond donors (Lipinski definition) is 0. The molecule has 0 aliphatic heterocycles. The van der Waals surface area contributed by atoms with Gasteiger partial charge in [-0.05, 0) is 57.4 Å². The van der Waals surface area contributed by atoms with Gasteiger partial charge in [-0.25, -0.2) is 4.39 Å². The monoisotopic (exact) mass is 357 g/mol. The number of benzene rings is 2. The minimum Gasteiger partial charge on any atom is -0.497 e. The van der Waals surface area contributed by atoms with Crippen LogP contribution in [-0.2, 0) is 0 Å². The predicted molar refractivity (Wildman–Crippen MR) is 102 cm³/mol. The molecule has 0 spiro atoms. The Balaban J connectivity index is 2.19. The quantitative estimate of drug-likeness (QED) is 0.529. The third kappa shape index (κ3) is 5.43. The van der Waals surface area contributed by atoms with E-state index in [1.807, 2.05) is 32.0 Å². The molecule has 5 heteroatoms. The highest BCUT2D eigenvalue weighted by Crippen LogP contribution is 2.22. The smallest absolute Gasteiger partial charge is 0.189 e. The topological polar surface area (TPSA) is 38.8 Å². The van der Waals surface area contributed by atoms with Crippen molar-refractivity contribution in [2.75, 3.05) is 34.4 Å². The number of carbonyl (C=O) groups excluding carboxylic acids is 1. The highest BCUT2D eigenvalue weighted by Gasteiger charge is 2.11. The van der Waals surface area contributed by atoms with Crippen molar-refractivity contribution in [1.29, 1.82) is 0 Å². The van der Waals surface area contributed by atoms with E-state index < -0.39 is 5.82 Å². The largest absolute Gasteiger partial charge is 0.497 e. The van der Waals surface area contributed by atoms with Crippen molar-refractivity contribution < 1.29 is 18.7 Å². The van der Waals surface area contributed by atoms with Crippen LogP contribution < -0.4 is 9.47 Å². The molecule has 0 heterocycles. The first-order valence-corrected chi connectivity index (χ1v) is 8.35. The molecule has 0 amide bonds. The molecule has 4 nitrogen and oxygen atoms in total. The average Bonchev–Trinajstić information content (AvgIpc) is 2.61.